The quantitative estimate of drug-likeness (QED) is 0.663. The molecule has 0 radical (unpaired) electrons. The molecule has 1 N–H and O–H groups in total. The number of hydrogen-bond acceptors (Lipinski definition) is 3. The van der Waals surface area contributed by atoms with Crippen LogP contribution in [0, 0.1) is 0 Å². The Morgan fingerprint density at radius 2 is 2.05 bits per heavy atom. The predicted octanol–water partition coefficient (Wildman–Crippen LogP) is 3.75. The van der Waals surface area contributed by atoms with Crippen LogP contribution in [0.25, 0.3) is 0 Å². The molecule has 3 nitrogen and oxygen atoms in total. The van der Waals surface area contributed by atoms with Gasteiger partial charge in [-0.25, -0.2) is 0 Å². The van der Waals surface area contributed by atoms with Gasteiger partial charge < -0.3 is 14.8 Å². The van der Waals surface area contributed by atoms with Crippen molar-refractivity contribution in [2.75, 3.05) is 26.4 Å². The highest BCUT2D eigenvalue weighted by molar-refractivity contribution is 9.10. The monoisotopic (exact) mass is 329 g/mol. The van der Waals surface area contributed by atoms with Gasteiger partial charge in [0, 0.05) is 19.8 Å². The summed E-state index contributed by atoms with van der Waals surface area (Å²) in [7, 11) is 0. The largest absolute Gasteiger partial charge is 0.492 e. The van der Waals surface area contributed by atoms with Gasteiger partial charge in [0.25, 0.3) is 0 Å². The first kappa shape index (κ1) is 16.5. The van der Waals surface area contributed by atoms with Gasteiger partial charge in [-0.2, -0.15) is 0 Å². The van der Waals surface area contributed by atoms with Crippen LogP contribution in [0.5, 0.6) is 5.75 Å². The van der Waals surface area contributed by atoms with Gasteiger partial charge in [-0.1, -0.05) is 13.0 Å². The maximum absolute atomic E-state index is 5.63. The number of halogens is 1. The summed E-state index contributed by atoms with van der Waals surface area (Å²) in [5.41, 5.74) is 1.26. The molecule has 0 atom stereocenters. The summed E-state index contributed by atoms with van der Waals surface area (Å²) >= 11 is 3.55. The molecule has 0 saturated heterocycles. The molecule has 0 aliphatic carbocycles. The van der Waals surface area contributed by atoms with E-state index < -0.39 is 0 Å². The van der Waals surface area contributed by atoms with Gasteiger partial charge in [0.1, 0.15) is 5.75 Å². The van der Waals surface area contributed by atoms with E-state index in [0.29, 0.717) is 0 Å². The summed E-state index contributed by atoms with van der Waals surface area (Å²) in [6.07, 6.45) is 2.07. The number of ether oxygens (including phenoxy) is 2. The van der Waals surface area contributed by atoms with E-state index in [1.807, 2.05) is 13.0 Å². The van der Waals surface area contributed by atoms with Gasteiger partial charge in [-0.05, 0) is 59.9 Å². The standard InChI is InChI=1S/C15H24BrNO2/c1-3-9-19-15-7-6-13(11-14(15)16)12-17-8-5-10-18-4-2/h6-7,11,17H,3-5,8-10,12H2,1-2H3. The average Bonchev–Trinajstić information content (AvgIpc) is 2.42. The number of nitrogens with one attached hydrogen (secondary N) is 1. The molecule has 0 fully saturated rings. The van der Waals surface area contributed by atoms with E-state index in [1.54, 1.807) is 0 Å². The number of rotatable bonds is 10. The van der Waals surface area contributed by atoms with Gasteiger partial charge in [0.15, 0.2) is 0 Å². The van der Waals surface area contributed by atoms with Crippen molar-refractivity contribution in [2.24, 2.45) is 0 Å². The molecule has 1 aromatic carbocycles. The Bertz CT molecular complexity index is 358. The van der Waals surface area contributed by atoms with Crippen molar-refractivity contribution in [1.29, 1.82) is 0 Å². The van der Waals surface area contributed by atoms with E-state index in [9.17, 15) is 0 Å². The van der Waals surface area contributed by atoms with Crippen molar-refractivity contribution in [2.45, 2.75) is 33.2 Å². The number of benzene rings is 1. The van der Waals surface area contributed by atoms with Crippen LogP contribution >= 0.6 is 15.9 Å². The molecule has 0 aliphatic rings. The van der Waals surface area contributed by atoms with E-state index in [4.69, 9.17) is 9.47 Å². The van der Waals surface area contributed by atoms with Crippen LogP contribution in [0.3, 0.4) is 0 Å². The highest BCUT2D eigenvalue weighted by atomic mass is 79.9. The van der Waals surface area contributed by atoms with Crippen LogP contribution in [0.15, 0.2) is 22.7 Å². The second-order valence-corrected chi connectivity index (χ2v) is 5.19. The first-order valence-electron chi connectivity index (χ1n) is 6.97. The van der Waals surface area contributed by atoms with Crippen molar-refractivity contribution < 1.29 is 9.47 Å². The fraction of sp³-hybridized carbons (Fsp3) is 0.600. The predicted molar refractivity (Wildman–Crippen MR) is 82.7 cm³/mol. The Hall–Kier alpha value is -0.580. The maximum atomic E-state index is 5.63. The van der Waals surface area contributed by atoms with Gasteiger partial charge in [-0.15, -0.1) is 0 Å². The van der Waals surface area contributed by atoms with Crippen molar-refractivity contribution in [3.8, 4) is 5.75 Å². The van der Waals surface area contributed by atoms with E-state index in [2.05, 4.69) is 40.3 Å². The van der Waals surface area contributed by atoms with Gasteiger partial charge in [-0.3, -0.25) is 0 Å². The second-order valence-electron chi connectivity index (χ2n) is 4.34. The minimum atomic E-state index is 0.758. The third kappa shape index (κ3) is 6.95. The Kier molecular flexibility index (Phi) is 8.88. The van der Waals surface area contributed by atoms with Gasteiger partial charge in [0.2, 0.25) is 0 Å². The summed E-state index contributed by atoms with van der Waals surface area (Å²) < 4.78 is 11.9. The Morgan fingerprint density at radius 3 is 2.74 bits per heavy atom. The van der Waals surface area contributed by atoms with Crippen LogP contribution in [-0.2, 0) is 11.3 Å². The normalized spacial score (nSPS) is 10.7. The molecule has 0 unspecified atom stereocenters. The van der Waals surface area contributed by atoms with Gasteiger partial charge >= 0.3 is 0 Å². The third-order valence-electron chi connectivity index (χ3n) is 2.63. The SMILES string of the molecule is CCCOc1ccc(CNCCCOCC)cc1Br. The highest BCUT2D eigenvalue weighted by Crippen LogP contribution is 2.26. The van der Waals surface area contributed by atoms with E-state index >= 15 is 0 Å². The molecule has 0 saturated carbocycles. The van der Waals surface area contributed by atoms with Crippen LogP contribution in [-0.4, -0.2) is 26.4 Å². The van der Waals surface area contributed by atoms with Crippen molar-refractivity contribution >= 4 is 15.9 Å². The van der Waals surface area contributed by atoms with Crippen LogP contribution < -0.4 is 10.1 Å². The second kappa shape index (κ2) is 10.2. The van der Waals surface area contributed by atoms with E-state index in [1.165, 1.54) is 5.56 Å². The molecule has 0 aliphatic heterocycles. The summed E-state index contributed by atoms with van der Waals surface area (Å²) in [4.78, 5) is 0. The van der Waals surface area contributed by atoms with Crippen LogP contribution in [0.4, 0.5) is 0 Å². The molecule has 0 spiro atoms. The minimum Gasteiger partial charge on any atom is -0.492 e. The lowest BCUT2D eigenvalue weighted by molar-refractivity contribution is 0.144. The minimum absolute atomic E-state index is 0.758. The lowest BCUT2D eigenvalue weighted by Gasteiger charge is -2.09. The zero-order chi connectivity index (χ0) is 13.9. The smallest absolute Gasteiger partial charge is 0.133 e. The van der Waals surface area contributed by atoms with Crippen molar-refractivity contribution in [3.63, 3.8) is 0 Å². The molecular formula is C15H24BrNO2. The topological polar surface area (TPSA) is 30.5 Å². The molecule has 1 aromatic rings. The summed E-state index contributed by atoms with van der Waals surface area (Å²) in [6.45, 7) is 8.36. The molecule has 4 heteroatoms. The maximum Gasteiger partial charge on any atom is 0.133 e. The van der Waals surface area contributed by atoms with E-state index in [0.717, 1.165) is 56.0 Å². The lowest BCUT2D eigenvalue weighted by Crippen LogP contribution is -2.16. The van der Waals surface area contributed by atoms with Crippen LogP contribution in [0.1, 0.15) is 32.3 Å². The fourth-order valence-corrected chi connectivity index (χ4v) is 2.20. The molecule has 108 valence electrons. The molecule has 0 heterocycles. The molecule has 1 rings (SSSR count). The summed E-state index contributed by atoms with van der Waals surface area (Å²) in [5, 5.41) is 3.41. The average molecular weight is 330 g/mol. The van der Waals surface area contributed by atoms with Crippen molar-refractivity contribution in [1.82, 2.24) is 5.32 Å². The van der Waals surface area contributed by atoms with E-state index in [-0.39, 0.29) is 0 Å². The number of hydrogen-bond donors (Lipinski definition) is 1. The zero-order valence-corrected chi connectivity index (χ0v) is 13.5. The molecule has 0 amide bonds. The lowest BCUT2D eigenvalue weighted by atomic mass is 10.2. The van der Waals surface area contributed by atoms with Crippen LogP contribution in [0.2, 0.25) is 0 Å². The third-order valence-corrected chi connectivity index (χ3v) is 3.25. The highest BCUT2D eigenvalue weighted by Gasteiger charge is 2.02. The molecule has 0 bridgehead atoms. The Labute approximate surface area is 124 Å². The summed E-state index contributed by atoms with van der Waals surface area (Å²) in [6, 6.07) is 6.24. The fourth-order valence-electron chi connectivity index (χ4n) is 1.66. The first-order chi connectivity index (χ1) is 9.27. The Balaban J connectivity index is 2.29. The van der Waals surface area contributed by atoms with Crippen molar-refractivity contribution in [3.05, 3.63) is 28.2 Å². The first-order valence-corrected chi connectivity index (χ1v) is 7.77. The Morgan fingerprint density at radius 1 is 1.21 bits per heavy atom. The molecule has 19 heavy (non-hydrogen) atoms. The van der Waals surface area contributed by atoms with Gasteiger partial charge in [0.05, 0.1) is 11.1 Å². The molecule has 0 aromatic heterocycles. The summed E-state index contributed by atoms with van der Waals surface area (Å²) in [5.74, 6) is 0.918. The zero-order valence-electron chi connectivity index (χ0n) is 11.9. The molecular weight excluding hydrogens is 306 g/mol.